The third-order valence-electron chi connectivity index (χ3n) is 5.04. The second-order valence-corrected chi connectivity index (χ2v) is 8.17. The average Bonchev–Trinajstić information content (AvgIpc) is 3.29. The minimum absolute atomic E-state index is 0.154. The molecule has 2 aromatic heterocycles. The Kier molecular flexibility index (Phi) is 5.91. The zero-order valence-electron chi connectivity index (χ0n) is 17.9. The second kappa shape index (κ2) is 9.30. The molecule has 164 valence electrons. The molecule has 0 fully saturated rings. The van der Waals surface area contributed by atoms with Gasteiger partial charge in [-0.1, -0.05) is 66.4 Å². The predicted molar refractivity (Wildman–Crippen MR) is 131 cm³/mol. The summed E-state index contributed by atoms with van der Waals surface area (Å²) in [5, 5.41) is 13.3. The summed E-state index contributed by atoms with van der Waals surface area (Å²) < 4.78 is 7.52. The Bertz CT molecular complexity index is 1440. The number of anilines is 1. The van der Waals surface area contributed by atoms with E-state index >= 15 is 0 Å². The number of nitrogens with zero attached hydrogens (tertiary/aromatic N) is 4. The van der Waals surface area contributed by atoms with Crippen LogP contribution < -0.4 is 10.1 Å². The molecular weight excluding hydrogens is 434 g/mol. The summed E-state index contributed by atoms with van der Waals surface area (Å²) in [4.78, 5) is 17.6. The van der Waals surface area contributed by atoms with Crippen LogP contribution in [0.4, 0.5) is 5.69 Å². The molecule has 0 aliphatic rings. The van der Waals surface area contributed by atoms with E-state index in [-0.39, 0.29) is 11.7 Å². The Morgan fingerprint density at radius 1 is 0.970 bits per heavy atom. The number of aromatic nitrogens is 4. The van der Waals surface area contributed by atoms with Gasteiger partial charge in [-0.2, -0.15) is 0 Å². The van der Waals surface area contributed by atoms with Crippen LogP contribution in [0, 0.1) is 0 Å². The van der Waals surface area contributed by atoms with Crippen LogP contribution in [0.1, 0.15) is 6.92 Å². The fraction of sp³-hybridized carbons (Fsp3) is 0.120. The van der Waals surface area contributed by atoms with Crippen molar-refractivity contribution in [3.63, 3.8) is 0 Å². The molecule has 5 rings (SSSR count). The number of carbonyl (C=O) groups is 1. The summed E-state index contributed by atoms with van der Waals surface area (Å²) in [6, 6.07) is 25.2. The van der Waals surface area contributed by atoms with Crippen molar-refractivity contribution in [3.05, 3.63) is 78.9 Å². The van der Waals surface area contributed by atoms with Crippen LogP contribution in [0.15, 0.2) is 84.0 Å². The predicted octanol–water partition coefficient (Wildman–Crippen LogP) is 5.07. The molecular formula is C25H21N5O2S. The van der Waals surface area contributed by atoms with E-state index in [1.807, 2.05) is 90.2 Å². The summed E-state index contributed by atoms with van der Waals surface area (Å²) in [5.74, 6) is 1.40. The highest BCUT2D eigenvalue weighted by Crippen LogP contribution is 2.29. The number of amides is 1. The Labute approximate surface area is 194 Å². The van der Waals surface area contributed by atoms with Gasteiger partial charge in [0.1, 0.15) is 11.6 Å². The topological polar surface area (TPSA) is 81.4 Å². The van der Waals surface area contributed by atoms with Gasteiger partial charge in [-0.25, -0.2) is 4.98 Å². The maximum absolute atomic E-state index is 12.7. The first-order chi connectivity index (χ1) is 16.2. The van der Waals surface area contributed by atoms with E-state index in [4.69, 9.17) is 9.72 Å². The molecule has 0 atom stereocenters. The van der Waals surface area contributed by atoms with Crippen molar-refractivity contribution in [3.8, 4) is 17.1 Å². The normalized spacial score (nSPS) is 11.1. The number of rotatable bonds is 7. The van der Waals surface area contributed by atoms with E-state index in [1.165, 1.54) is 11.8 Å². The van der Waals surface area contributed by atoms with Crippen LogP contribution in [0.2, 0.25) is 0 Å². The van der Waals surface area contributed by atoms with Gasteiger partial charge >= 0.3 is 0 Å². The minimum atomic E-state index is -0.154. The Hall–Kier alpha value is -3.91. The number of hydrogen-bond acceptors (Lipinski definition) is 6. The number of benzene rings is 3. The van der Waals surface area contributed by atoms with Gasteiger partial charge in [0.25, 0.3) is 0 Å². The van der Waals surface area contributed by atoms with E-state index in [0.29, 0.717) is 28.8 Å². The first-order valence-corrected chi connectivity index (χ1v) is 11.6. The highest BCUT2D eigenvalue weighted by molar-refractivity contribution is 7.99. The average molecular weight is 456 g/mol. The van der Waals surface area contributed by atoms with Crippen molar-refractivity contribution >= 4 is 39.9 Å². The van der Waals surface area contributed by atoms with E-state index < -0.39 is 0 Å². The maximum Gasteiger partial charge on any atom is 0.234 e. The van der Waals surface area contributed by atoms with E-state index in [1.54, 1.807) is 0 Å². The van der Waals surface area contributed by atoms with Gasteiger partial charge in [-0.15, -0.1) is 10.2 Å². The molecule has 1 N–H and O–H groups in total. The van der Waals surface area contributed by atoms with Crippen molar-refractivity contribution in [2.45, 2.75) is 12.1 Å². The number of nitrogens with one attached hydrogen (secondary N) is 1. The van der Waals surface area contributed by atoms with Crippen molar-refractivity contribution in [1.82, 2.24) is 19.6 Å². The van der Waals surface area contributed by atoms with Crippen LogP contribution in [-0.4, -0.2) is 37.8 Å². The molecule has 3 aromatic carbocycles. The Morgan fingerprint density at radius 2 is 1.73 bits per heavy atom. The van der Waals surface area contributed by atoms with Gasteiger partial charge in [0.2, 0.25) is 5.91 Å². The molecule has 7 nitrogen and oxygen atoms in total. The summed E-state index contributed by atoms with van der Waals surface area (Å²) >= 11 is 1.32. The van der Waals surface area contributed by atoms with Gasteiger partial charge in [0.05, 0.1) is 23.6 Å². The van der Waals surface area contributed by atoms with Crippen LogP contribution in [0.3, 0.4) is 0 Å². The molecule has 0 spiro atoms. The number of fused-ring (bicyclic) bond motifs is 3. The molecule has 0 radical (unpaired) electrons. The van der Waals surface area contributed by atoms with Crippen LogP contribution >= 0.6 is 11.8 Å². The molecule has 33 heavy (non-hydrogen) atoms. The second-order valence-electron chi connectivity index (χ2n) is 7.23. The number of para-hydroxylation sites is 3. The quantitative estimate of drug-likeness (QED) is 0.345. The third-order valence-corrected chi connectivity index (χ3v) is 5.97. The molecule has 8 heteroatoms. The monoisotopic (exact) mass is 455 g/mol. The van der Waals surface area contributed by atoms with Crippen molar-refractivity contribution < 1.29 is 9.53 Å². The molecule has 1 amide bonds. The van der Waals surface area contributed by atoms with Crippen LogP contribution in [0.25, 0.3) is 27.9 Å². The molecule has 0 saturated carbocycles. The summed E-state index contributed by atoms with van der Waals surface area (Å²) in [6.45, 7) is 2.43. The molecule has 0 unspecified atom stereocenters. The van der Waals surface area contributed by atoms with E-state index in [0.717, 1.165) is 22.3 Å². The molecule has 2 heterocycles. The van der Waals surface area contributed by atoms with Crippen LogP contribution in [0.5, 0.6) is 5.75 Å². The summed E-state index contributed by atoms with van der Waals surface area (Å²) in [7, 11) is 0. The molecule has 5 aromatic rings. The van der Waals surface area contributed by atoms with Crippen molar-refractivity contribution in [1.29, 1.82) is 0 Å². The number of thioether (sulfide) groups is 1. The van der Waals surface area contributed by atoms with Gasteiger partial charge in [-0.3, -0.25) is 9.20 Å². The lowest BCUT2D eigenvalue weighted by Gasteiger charge is -2.11. The van der Waals surface area contributed by atoms with Gasteiger partial charge in [0.15, 0.2) is 10.8 Å². The largest absolute Gasteiger partial charge is 0.492 e. The fourth-order valence-corrected chi connectivity index (χ4v) is 4.33. The van der Waals surface area contributed by atoms with Gasteiger partial charge < -0.3 is 10.1 Å². The Balaban J connectivity index is 1.47. The van der Waals surface area contributed by atoms with Crippen molar-refractivity contribution in [2.75, 3.05) is 17.7 Å². The van der Waals surface area contributed by atoms with Crippen molar-refractivity contribution in [2.24, 2.45) is 0 Å². The van der Waals surface area contributed by atoms with E-state index in [9.17, 15) is 4.79 Å². The minimum Gasteiger partial charge on any atom is -0.492 e. The SMILES string of the molecule is CCOc1ccccc1NC(=O)CSc1nnc2c3ccccc3nc(-c3ccccc3)n12. The highest BCUT2D eigenvalue weighted by Gasteiger charge is 2.18. The zero-order chi connectivity index (χ0) is 22.6. The third kappa shape index (κ3) is 4.25. The zero-order valence-corrected chi connectivity index (χ0v) is 18.7. The lowest BCUT2D eigenvalue weighted by molar-refractivity contribution is -0.113. The molecule has 0 aliphatic heterocycles. The Morgan fingerprint density at radius 3 is 2.58 bits per heavy atom. The number of hydrogen-bond donors (Lipinski definition) is 1. The first kappa shape index (κ1) is 21.0. The summed E-state index contributed by atoms with van der Waals surface area (Å²) in [5.41, 5.74) is 3.15. The van der Waals surface area contributed by atoms with Gasteiger partial charge in [-0.05, 0) is 31.2 Å². The highest BCUT2D eigenvalue weighted by atomic mass is 32.2. The smallest absolute Gasteiger partial charge is 0.234 e. The lowest BCUT2D eigenvalue weighted by Crippen LogP contribution is -2.15. The van der Waals surface area contributed by atoms with Gasteiger partial charge in [0, 0.05) is 10.9 Å². The molecule has 0 saturated heterocycles. The first-order valence-electron chi connectivity index (χ1n) is 10.6. The summed E-state index contributed by atoms with van der Waals surface area (Å²) in [6.07, 6.45) is 0. The maximum atomic E-state index is 12.7. The lowest BCUT2D eigenvalue weighted by atomic mass is 10.2. The number of ether oxygens (including phenoxy) is 1. The molecule has 0 aliphatic carbocycles. The molecule has 0 bridgehead atoms. The fourth-order valence-electron chi connectivity index (χ4n) is 3.60. The standard InChI is InChI=1S/C25H21N5O2S/c1-2-32-21-15-9-8-14-20(21)26-22(31)16-33-25-29-28-24-18-12-6-7-13-19(18)27-23(30(24)25)17-10-4-3-5-11-17/h3-15H,2,16H2,1H3,(H,26,31). The van der Waals surface area contributed by atoms with E-state index in [2.05, 4.69) is 15.5 Å². The number of carbonyl (C=O) groups excluding carboxylic acids is 1. The van der Waals surface area contributed by atoms with Crippen LogP contribution in [-0.2, 0) is 4.79 Å².